The Morgan fingerprint density at radius 1 is 0.952 bits per heavy atom. The molecule has 1 atom stereocenters. The highest BCUT2D eigenvalue weighted by Crippen LogP contribution is 2.37. The molecule has 1 aromatic rings. The lowest BCUT2D eigenvalue weighted by molar-refractivity contribution is 0.0910. The van der Waals surface area contributed by atoms with Crippen molar-refractivity contribution in [1.82, 2.24) is 0 Å². The standard InChI is InChI=1S/C19H33NO/c1-9-19(8,13-20)21-16-11-10-14(17(2,3)4)12-15(16)18(5,6)7/h10-12H,9,13,20H2,1-8H3. The van der Waals surface area contributed by atoms with Crippen molar-refractivity contribution in [3.8, 4) is 5.75 Å². The molecule has 2 nitrogen and oxygen atoms in total. The van der Waals surface area contributed by atoms with Gasteiger partial charge in [0.25, 0.3) is 0 Å². The van der Waals surface area contributed by atoms with E-state index in [0.29, 0.717) is 6.54 Å². The third-order valence-electron chi connectivity index (χ3n) is 4.19. The molecule has 0 aliphatic rings. The van der Waals surface area contributed by atoms with Crippen molar-refractivity contribution >= 4 is 0 Å². The highest BCUT2D eigenvalue weighted by atomic mass is 16.5. The molecule has 0 heterocycles. The van der Waals surface area contributed by atoms with E-state index in [1.807, 2.05) is 0 Å². The normalized spacial score (nSPS) is 15.7. The van der Waals surface area contributed by atoms with Crippen molar-refractivity contribution in [2.45, 2.75) is 78.2 Å². The minimum absolute atomic E-state index is 0.0415. The Balaban J connectivity index is 3.33. The second-order valence-corrected chi connectivity index (χ2v) is 8.32. The summed E-state index contributed by atoms with van der Waals surface area (Å²) in [7, 11) is 0. The van der Waals surface area contributed by atoms with E-state index in [0.717, 1.165) is 12.2 Å². The SMILES string of the molecule is CCC(C)(CN)Oc1ccc(C(C)(C)C)cc1C(C)(C)C. The van der Waals surface area contributed by atoms with Crippen molar-refractivity contribution < 1.29 is 4.74 Å². The number of rotatable bonds is 4. The molecule has 1 aromatic carbocycles. The largest absolute Gasteiger partial charge is 0.486 e. The van der Waals surface area contributed by atoms with E-state index in [2.05, 4.69) is 73.6 Å². The second kappa shape index (κ2) is 6.00. The van der Waals surface area contributed by atoms with Crippen LogP contribution in [-0.2, 0) is 10.8 Å². The Hall–Kier alpha value is -1.02. The highest BCUT2D eigenvalue weighted by molar-refractivity contribution is 5.43. The van der Waals surface area contributed by atoms with Crippen LogP contribution in [0.3, 0.4) is 0 Å². The molecule has 0 saturated carbocycles. The van der Waals surface area contributed by atoms with E-state index >= 15 is 0 Å². The van der Waals surface area contributed by atoms with Crippen LogP contribution in [0.5, 0.6) is 5.75 Å². The summed E-state index contributed by atoms with van der Waals surface area (Å²) in [5.74, 6) is 0.963. The van der Waals surface area contributed by atoms with Gasteiger partial charge in [0.2, 0.25) is 0 Å². The zero-order valence-corrected chi connectivity index (χ0v) is 15.1. The summed E-state index contributed by atoms with van der Waals surface area (Å²) < 4.78 is 6.30. The zero-order valence-electron chi connectivity index (χ0n) is 15.1. The van der Waals surface area contributed by atoms with Crippen molar-refractivity contribution in [2.75, 3.05) is 6.54 Å². The first-order valence-electron chi connectivity index (χ1n) is 7.97. The van der Waals surface area contributed by atoms with Crippen LogP contribution in [0.1, 0.15) is 72.9 Å². The van der Waals surface area contributed by atoms with Crippen LogP contribution in [0.25, 0.3) is 0 Å². The van der Waals surface area contributed by atoms with Gasteiger partial charge in [0.15, 0.2) is 0 Å². The van der Waals surface area contributed by atoms with Crippen LogP contribution < -0.4 is 10.5 Å². The minimum Gasteiger partial charge on any atom is -0.486 e. The minimum atomic E-state index is -0.302. The molecule has 0 spiro atoms. The van der Waals surface area contributed by atoms with Gasteiger partial charge in [-0.05, 0) is 41.4 Å². The van der Waals surface area contributed by atoms with Gasteiger partial charge in [0, 0.05) is 6.54 Å². The molecule has 0 amide bonds. The second-order valence-electron chi connectivity index (χ2n) is 8.32. The molecule has 1 rings (SSSR count). The number of nitrogens with two attached hydrogens (primary N) is 1. The van der Waals surface area contributed by atoms with Crippen molar-refractivity contribution in [3.05, 3.63) is 29.3 Å². The fourth-order valence-electron chi connectivity index (χ4n) is 2.20. The predicted octanol–water partition coefficient (Wildman–Crippen LogP) is 4.79. The average molecular weight is 291 g/mol. The van der Waals surface area contributed by atoms with Gasteiger partial charge in [-0.15, -0.1) is 0 Å². The van der Waals surface area contributed by atoms with Crippen LogP contribution in [0.2, 0.25) is 0 Å². The molecular weight excluding hydrogens is 258 g/mol. The first-order chi connectivity index (χ1) is 9.43. The van der Waals surface area contributed by atoms with Gasteiger partial charge >= 0.3 is 0 Å². The molecule has 0 bridgehead atoms. The summed E-state index contributed by atoms with van der Waals surface area (Å²) in [6.07, 6.45) is 0.897. The van der Waals surface area contributed by atoms with Crippen LogP contribution in [0, 0.1) is 0 Å². The lowest BCUT2D eigenvalue weighted by atomic mass is 9.80. The Bertz CT molecular complexity index is 473. The average Bonchev–Trinajstić information content (AvgIpc) is 2.36. The van der Waals surface area contributed by atoms with Gasteiger partial charge in [0.05, 0.1) is 0 Å². The highest BCUT2D eigenvalue weighted by Gasteiger charge is 2.28. The fraction of sp³-hybridized carbons (Fsp3) is 0.684. The smallest absolute Gasteiger partial charge is 0.123 e. The maximum Gasteiger partial charge on any atom is 0.123 e. The lowest BCUT2D eigenvalue weighted by Gasteiger charge is -2.33. The van der Waals surface area contributed by atoms with Crippen molar-refractivity contribution in [1.29, 1.82) is 0 Å². The van der Waals surface area contributed by atoms with E-state index in [1.165, 1.54) is 11.1 Å². The maximum absolute atomic E-state index is 6.30. The molecule has 0 fully saturated rings. The molecule has 0 aliphatic carbocycles. The summed E-state index contributed by atoms with van der Waals surface area (Å²) in [4.78, 5) is 0. The molecule has 120 valence electrons. The molecule has 21 heavy (non-hydrogen) atoms. The molecule has 1 unspecified atom stereocenters. The number of ether oxygens (including phenoxy) is 1. The topological polar surface area (TPSA) is 35.2 Å². The van der Waals surface area contributed by atoms with E-state index < -0.39 is 0 Å². The van der Waals surface area contributed by atoms with Crippen LogP contribution >= 0.6 is 0 Å². The Morgan fingerprint density at radius 3 is 1.90 bits per heavy atom. The summed E-state index contributed by atoms with van der Waals surface area (Å²) >= 11 is 0. The Labute approximate surface area is 131 Å². The maximum atomic E-state index is 6.30. The number of hydrogen-bond donors (Lipinski definition) is 1. The summed E-state index contributed by atoms with van der Waals surface area (Å²) in [6, 6.07) is 6.59. The molecule has 0 saturated heterocycles. The fourth-order valence-corrected chi connectivity index (χ4v) is 2.20. The molecule has 2 heteroatoms. The molecular formula is C19H33NO. The first kappa shape index (κ1) is 18.0. The first-order valence-corrected chi connectivity index (χ1v) is 7.97. The quantitative estimate of drug-likeness (QED) is 0.865. The van der Waals surface area contributed by atoms with Crippen molar-refractivity contribution in [3.63, 3.8) is 0 Å². The lowest BCUT2D eigenvalue weighted by Crippen LogP contribution is -2.40. The van der Waals surface area contributed by atoms with E-state index in [-0.39, 0.29) is 16.4 Å². The summed E-state index contributed by atoms with van der Waals surface area (Å²) in [5.41, 5.74) is 8.37. The van der Waals surface area contributed by atoms with E-state index in [4.69, 9.17) is 10.5 Å². The third kappa shape index (κ3) is 4.47. The van der Waals surface area contributed by atoms with E-state index in [1.54, 1.807) is 0 Å². The summed E-state index contributed by atoms with van der Waals surface area (Å²) in [6.45, 7) is 18.1. The van der Waals surface area contributed by atoms with Gasteiger partial charge in [-0.3, -0.25) is 0 Å². The number of hydrogen-bond acceptors (Lipinski definition) is 2. The van der Waals surface area contributed by atoms with Gasteiger partial charge in [-0.1, -0.05) is 60.6 Å². The van der Waals surface area contributed by atoms with Gasteiger partial charge in [-0.25, -0.2) is 0 Å². The zero-order chi connectivity index (χ0) is 16.5. The Morgan fingerprint density at radius 2 is 1.52 bits per heavy atom. The van der Waals surface area contributed by atoms with Crippen LogP contribution in [0.4, 0.5) is 0 Å². The molecule has 0 aliphatic heterocycles. The van der Waals surface area contributed by atoms with Gasteiger partial charge in [-0.2, -0.15) is 0 Å². The van der Waals surface area contributed by atoms with Crippen LogP contribution in [-0.4, -0.2) is 12.1 Å². The van der Waals surface area contributed by atoms with Crippen LogP contribution in [0.15, 0.2) is 18.2 Å². The molecule has 2 N–H and O–H groups in total. The van der Waals surface area contributed by atoms with Gasteiger partial charge in [0.1, 0.15) is 11.4 Å². The predicted molar refractivity (Wildman–Crippen MR) is 92.2 cm³/mol. The third-order valence-corrected chi connectivity index (χ3v) is 4.19. The molecule has 0 aromatic heterocycles. The van der Waals surface area contributed by atoms with Crippen molar-refractivity contribution in [2.24, 2.45) is 5.73 Å². The van der Waals surface area contributed by atoms with Gasteiger partial charge < -0.3 is 10.5 Å². The van der Waals surface area contributed by atoms with E-state index in [9.17, 15) is 0 Å². The monoisotopic (exact) mass is 291 g/mol. The number of benzene rings is 1. The molecule has 0 radical (unpaired) electrons. The summed E-state index contributed by atoms with van der Waals surface area (Å²) in [5, 5.41) is 0. The Kier molecular flexibility index (Phi) is 5.15.